The first kappa shape index (κ1) is 18.4. The van der Waals surface area contributed by atoms with Gasteiger partial charge in [0.2, 0.25) is 0 Å². The molecule has 0 saturated heterocycles. The smallest absolute Gasteiger partial charge is 0.309 e. The van der Waals surface area contributed by atoms with E-state index >= 15 is 0 Å². The molecule has 0 aliphatic heterocycles. The molecule has 0 spiro atoms. The third kappa shape index (κ3) is 4.35. The summed E-state index contributed by atoms with van der Waals surface area (Å²) < 4.78 is 14.1. The van der Waals surface area contributed by atoms with Crippen LogP contribution in [-0.2, 0) is 11.2 Å². The van der Waals surface area contributed by atoms with Gasteiger partial charge in [0, 0.05) is 18.4 Å². The summed E-state index contributed by atoms with van der Waals surface area (Å²) in [6.07, 6.45) is 0.324. The van der Waals surface area contributed by atoms with Gasteiger partial charge in [-0.15, -0.1) is 0 Å². The summed E-state index contributed by atoms with van der Waals surface area (Å²) in [5.74, 6) is -2.01. The average molecular weight is 344 g/mol. The molecule has 1 amide bonds. The fraction of sp³-hybridized carbons (Fsp3) is 0.263. The summed E-state index contributed by atoms with van der Waals surface area (Å²) in [6, 6.07) is 11.5. The molecule has 0 unspecified atom stereocenters. The molecule has 6 heteroatoms. The molecule has 0 heterocycles. The number of carbonyl (C=O) groups is 2. The lowest BCUT2D eigenvalue weighted by Gasteiger charge is -2.21. The van der Waals surface area contributed by atoms with E-state index in [2.05, 4.69) is 10.6 Å². The van der Waals surface area contributed by atoms with E-state index in [1.165, 1.54) is 19.2 Å². The molecule has 2 aromatic rings. The van der Waals surface area contributed by atoms with Gasteiger partial charge in [0.15, 0.2) is 0 Å². The predicted octanol–water partition coefficient (Wildman–Crippen LogP) is 3.58. The molecule has 25 heavy (non-hydrogen) atoms. The van der Waals surface area contributed by atoms with Crippen molar-refractivity contribution >= 4 is 23.3 Å². The third-order valence-corrected chi connectivity index (χ3v) is 3.95. The Kier molecular flexibility index (Phi) is 5.41. The second-order valence-electron chi connectivity index (χ2n) is 6.42. The summed E-state index contributed by atoms with van der Waals surface area (Å²) in [5, 5.41) is 14.8. The van der Waals surface area contributed by atoms with Crippen LogP contribution >= 0.6 is 0 Å². The highest BCUT2D eigenvalue weighted by atomic mass is 19.1. The summed E-state index contributed by atoms with van der Waals surface area (Å²) >= 11 is 0. The molecule has 0 radical (unpaired) electrons. The zero-order valence-corrected chi connectivity index (χ0v) is 14.4. The van der Waals surface area contributed by atoms with Crippen LogP contribution in [0.15, 0.2) is 42.5 Å². The van der Waals surface area contributed by atoms with E-state index in [9.17, 15) is 19.1 Å². The highest BCUT2D eigenvalue weighted by Gasteiger charge is 2.28. The van der Waals surface area contributed by atoms with Gasteiger partial charge in [-0.05, 0) is 50.1 Å². The highest BCUT2D eigenvalue weighted by Crippen LogP contribution is 2.29. The maximum absolute atomic E-state index is 14.1. The number of amides is 1. The summed E-state index contributed by atoms with van der Waals surface area (Å²) in [6.45, 7) is 3.31. The fourth-order valence-electron chi connectivity index (χ4n) is 2.42. The quantitative estimate of drug-likeness (QED) is 0.748. The van der Waals surface area contributed by atoms with Crippen LogP contribution < -0.4 is 10.6 Å². The topological polar surface area (TPSA) is 78.4 Å². The van der Waals surface area contributed by atoms with E-state index in [-0.39, 0.29) is 5.56 Å². The Bertz CT molecular complexity index is 803. The standard InChI is InChI=1S/C19H21FN2O3/c1-19(2,18(24)25)11-12-6-4-5-7-16(12)22-13-8-9-14(15(20)10-13)17(23)21-3/h4-10,22H,11H2,1-3H3,(H,21,23)(H,24,25). The van der Waals surface area contributed by atoms with Gasteiger partial charge in [0.25, 0.3) is 5.91 Å². The van der Waals surface area contributed by atoms with Crippen LogP contribution in [0.5, 0.6) is 0 Å². The number of carboxylic acid groups (broad SMARTS) is 1. The first-order chi connectivity index (χ1) is 11.7. The van der Waals surface area contributed by atoms with Crippen molar-refractivity contribution in [2.75, 3.05) is 12.4 Å². The lowest BCUT2D eigenvalue weighted by Crippen LogP contribution is -2.26. The number of anilines is 2. The zero-order chi connectivity index (χ0) is 18.6. The van der Waals surface area contributed by atoms with Gasteiger partial charge in [0.1, 0.15) is 5.82 Å². The molecule has 0 atom stereocenters. The van der Waals surface area contributed by atoms with Gasteiger partial charge in [-0.3, -0.25) is 9.59 Å². The Morgan fingerprint density at radius 3 is 2.44 bits per heavy atom. The van der Waals surface area contributed by atoms with E-state index < -0.39 is 23.1 Å². The SMILES string of the molecule is CNC(=O)c1ccc(Nc2ccccc2CC(C)(C)C(=O)O)cc1F. The van der Waals surface area contributed by atoms with Gasteiger partial charge >= 0.3 is 5.97 Å². The second kappa shape index (κ2) is 7.34. The Hall–Kier alpha value is -2.89. The van der Waals surface area contributed by atoms with E-state index in [0.29, 0.717) is 17.8 Å². The second-order valence-corrected chi connectivity index (χ2v) is 6.42. The molecule has 0 fully saturated rings. The van der Waals surface area contributed by atoms with E-state index in [1.54, 1.807) is 26.0 Å². The Morgan fingerprint density at radius 2 is 1.84 bits per heavy atom. The summed E-state index contributed by atoms with van der Waals surface area (Å²) in [7, 11) is 1.44. The molecule has 3 N–H and O–H groups in total. The first-order valence-corrected chi connectivity index (χ1v) is 7.84. The molecule has 0 saturated carbocycles. The number of nitrogens with one attached hydrogen (secondary N) is 2. The van der Waals surface area contributed by atoms with E-state index in [1.807, 2.05) is 18.2 Å². The Labute approximate surface area is 145 Å². The van der Waals surface area contributed by atoms with Gasteiger partial charge < -0.3 is 15.7 Å². The number of hydrogen-bond donors (Lipinski definition) is 3. The minimum atomic E-state index is -0.924. The largest absolute Gasteiger partial charge is 0.481 e. The third-order valence-electron chi connectivity index (χ3n) is 3.95. The number of benzene rings is 2. The molecule has 0 aromatic heterocycles. The first-order valence-electron chi connectivity index (χ1n) is 7.84. The Morgan fingerprint density at radius 1 is 1.16 bits per heavy atom. The monoisotopic (exact) mass is 344 g/mol. The minimum Gasteiger partial charge on any atom is -0.481 e. The zero-order valence-electron chi connectivity index (χ0n) is 14.4. The van der Waals surface area contributed by atoms with Crippen LogP contribution in [-0.4, -0.2) is 24.0 Å². The van der Waals surface area contributed by atoms with Crippen molar-refractivity contribution in [1.29, 1.82) is 0 Å². The van der Waals surface area contributed by atoms with Crippen molar-refractivity contribution < 1.29 is 19.1 Å². The lowest BCUT2D eigenvalue weighted by atomic mass is 9.85. The van der Waals surface area contributed by atoms with Crippen LogP contribution in [0.25, 0.3) is 0 Å². The lowest BCUT2D eigenvalue weighted by molar-refractivity contribution is -0.146. The number of aliphatic carboxylic acids is 1. The molecule has 0 bridgehead atoms. The van der Waals surface area contributed by atoms with Gasteiger partial charge in [-0.2, -0.15) is 0 Å². The molecular formula is C19H21FN2O3. The maximum atomic E-state index is 14.1. The van der Waals surface area contributed by atoms with Crippen molar-refractivity contribution in [3.63, 3.8) is 0 Å². The maximum Gasteiger partial charge on any atom is 0.309 e. The van der Waals surface area contributed by atoms with Crippen molar-refractivity contribution in [2.45, 2.75) is 20.3 Å². The summed E-state index contributed by atoms with van der Waals surface area (Å²) in [4.78, 5) is 22.9. The molecule has 0 aliphatic carbocycles. The predicted molar refractivity (Wildman–Crippen MR) is 94.6 cm³/mol. The minimum absolute atomic E-state index is 0.0339. The number of halogens is 1. The number of rotatable bonds is 6. The fourth-order valence-corrected chi connectivity index (χ4v) is 2.42. The van der Waals surface area contributed by atoms with Crippen LogP contribution in [0.4, 0.5) is 15.8 Å². The van der Waals surface area contributed by atoms with Crippen LogP contribution in [0.3, 0.4) is 0 Å². The van der Waals surface area contributed by atoms with Gasteiger partial charge in [0.05, 0.1) is 11.0 Å². The van der Waals surface area contributed by atoms with E-state index in [4.69, 9.17) is 0 Å². The van der Waals surface area contributed by atoms with E-state index in [0.717, 1.165) is 5.56 Å². The number of carboxylic acids is 1. The molecular weight excluding hydrogens is 323 g/mol. The van der Waals surface area contributed by atoms with Crippen molar-refractivity contribution in [3.8, 4) is 0 Å². The van der Waals surface area contributed by atoms with Crippen LogP contribution in [0.2, 0.25) is 0 Å². The molecule has 132 valence electrons. The number of carbonyl (C=O) groups excluding carboxylic acids is 1. The van der Waals surface area contributed by atoms with Gasteiger partial charge in [-0.25, -0.2) is 4.39 Å². The van der Waals surface area contributed by atoms with Crippen molar-refractivity contribution in [3.05, 3.63) is 59.4 Å². The molecule has 0 aliphatic rings. The van der Waals surface area contributed by atoms with Crippen molar-refractivity contribution in [1.82, 2.24) is 5.32 Å². The average Bonchev–Trinajstić information content (AvgIpc) is 2.56. The van der Waals surface area contributed by atoms with Gasteiger partial charge in [-0.1, -0.05) is 18.2 Å². The summed E-state index contributed by atoms with van der Waals surface area (Å²) in [5.41, 5.74) is 1.03. The van der Waals surface area contributed by atoms with Crippen LogP contribution in [0.1, 0.15) is 29.8 Å². The molecule has 5 nitrogen and oxygen atoms in total. The molecule has 2 rings (SSSR count). The van der Waals surface area contributed by atoms with Crippen molar-refractivity contribution in [2.24, 2.45) is 5.41 Å². The molecule has 2 aromatic carbocycles. The van der Waals surface area contributed by atoms with Crippen LogP contribution in [0, 0.1) is 11.2 Å². The normalized spacial score (nSPS) is 11.0. The number of hydrogen-bond acceptors (Lipinski definition) is 3. The highest BCUT2D eigenvalue weighted by molar-refractivity contribution is 5.94. The Balaban J connectivity index is 2.28. The number of para-hydroxylation sites is 1.